The molecule has 0 unspecified atom stereocenters. The molecule has 4 atom stereocenters. The lowest BCUT2D eigenvalue weighted by Crippen LogP contribution is -2.54. The Morgan fingerprint density at radius 2 is 1.54 bits per heavy atom. The number of carbonyl (C=O) groups excluding carboxylic acids is 3. The molecule has 0 aliphatic carbocycles. The predicted octanol–water partition coefficient (Wildman–Crippen LogP) is 3.58. The van der Waals surface area contributed by atoms with E-state index in [1.807, 2.05) is 60.7 Å². The van der Waals surface area contributed by atoms with Crippen molar-refractivity contribution in [2.75, 3.05) is 6.54 Å². The van der Waals surface area contributed by atoms with E-state index in [4.69, 9.17) is 0 Å². The van der Waals surface area contributed by atoms with E-state index in [-0.39, 0.29) is 29.7 Å². The molecule has 37 heavy (non-hydrogen) atoms. The highest BCUT2D eigenvalue weighted by Gasteiger charge is 2.37. The standard InChI is InChI=1S/C29H29F2N3O3/c1-18(33-26(35)14-19-12-23(30)16-24(31)13-19)28(36)34-27-25(21-10-6-3-7-11-21)15-22(17-32-29(27)37)20-8-4-2-5-9-20/h2-13,16,18,22,25,27H,14-15,17H2,1H3,(H,32,37)(H,33,35)(H,34,36)/t18-,22-,25+,27-/m0/s1. The number of hydrogen-bond acceptors (Lipinski definition) is 3. The summed E-state index contributed by atoms with van der Waals surface area (Å²) in [6.45, 7) is 1.94. The first-order valence-corrected chi connectivity index (χ1v) is 12.2. The molecule has 1 aliphatic rings. The second-order valence-corrected chi connectivity index (χ2v) is 9.34. The fraction of sp³-hybridized carbons (Fsp3) is 0.276. The Kier molecular flexibility index (Phi) is 8.28. The molecule has 192 valence electrons. The summed E-state index contributed by atoms with van der Waals surface area (Å²) in [5, 5.41) is 8.34. The summed E-state index contributed by atoms with van der Waals surface area (Å²) >= 11 is 0. The van der Waals surface area contributed by atoms with E-state index in [9.17, 15) is 23.2 Å². The van der Waals surface area contributed by atoms with Crippen LogP contribution < -0.4 is 16.0 Å². The average Bonchev–Trinajstić information content (AvgIpc) is 3.03. The van der Waals surface area contributed by atoms with Crippen molar-refractivity contribution >= 4 is 17.7 Å². The lowest BCUT2D eigenvalue weighted by atomic mass is 9.82. The molecule has 0 spiro atoms. The highest BCUT2D eigenvalue weighted by Crippen LogP contribution is 2.34. The van der Waals surface area contributed by atoms with Crippen LogP contribution in [0.3, 0.4) is 0 Å². The van der Waals surface area contributed by atoms with E-state index in [1.54, 1.807) is 0 Å². The highest BCUT2D eigenvalue weighted by atomic mass is 19.1. The molecule has 6 nitrogen and oxygen atoms in total. The van der Waals surface area contributed by atoms with Gasteiger partial charge >= 0.3 is 0 Å². The number of hydrogen-bond donors (Lipinski definition) is 3. The van der Waals surface area contributed by atoms with Gasteiger partial charge in [0.1, 0.15) is 23.7 Å². The molecule has 0 bridgehead atoms. The Morgan fingerprint density at radius 3 is 2.16 bits per heavy atom. The van der Waals surface area contributed by atoms with Crippen molar-refractivity contribution in [3.63, 3.8) is 0 Å². The van der Waals surface area contributed by atoms with Crippen LogP contribution in [0.15, 0.2) is 78.9 Å². The number of halogens is 2. The molecule has 0 radical (unpaired) electrons. The Labute approximate surface area is 214 Å². The van der Waals surface area contributed by atoms with Gasteiger partial charge in [0, 0.05) is 24.4 Å². The summed E-state index contributed by atoms with van der Waals surface area (Å²) in [5.74, 6) is -3.20. The number of nitrogens with one attached hydrogen (secondary N) is 3. The molecule has 0 aromatic heterocycles. The van der Waals surface area contributed by atoms with Crippen LogP contribution in [0.1, 0.15) is 41.9 Å². The van der Waals surface area contributed by atoms with Crippen molar-refractivity contribution in [3.05, 3.63) is 107 Å². The van der Waals surface area contributed by atoms with Gasteiger partial charge in [-0.1, -0.05) is 60.7 Å². The molecule has 3 aromatic rings. The van der Waals surface area contributed by atoms with E-state index in [0.29, 0.717) is 13.0 Å². The third-order valence-corrected chi connectivity index (χ3v) is 6.60. The van der Waals surface area contributed by atoms with E-state index in [0.717, 1.165) is 29.3 Å². The summed E-state index contributed by atoms with van der Waals surface area (Å²) in [4.78, 5) is 38.7. The average molecular weight is 506 g/mol. The minimum Gasteiger partial charge on any atom is -0.354 e. The van der Waals surface area contributed by atoms with E-state index in [2.05, 4.69) is 16.0 Å². The normalized spacial score (nSPS) is 20.3. The number of amides is 3. The van der Waals surface area contributed by atoms with Gasteiger partial charge in [-0.2, -0.15) is 0 Å². The van der Waals surface area contributed by atoms with Crippen LogP contribution >= 0.6 is 0 Å². The van der Waals surface area contributed by atoms with Crippen LogP contribution in [0.5, 0.6) is 0 Å². The van der Waals surface area contributed by atoms with Crippen LogP contribution in [-0.2, 0) is 20.8 Å². The van der Waals surface area contributed by atoms with Crippen LogP contribution in [0.2, 0.25) is 0 Å². The van der Waals surface area contributed by atoms with Gasteiger partial charge < -0.3 is 16.0 Å². The van der Waals surface area contributed by atoms with Crippen molar-refractivity contribution < 1.29 is 23.2 Å². The van der Waals surface area contributed by atoms with E-state index >= 15 is 0 Å². The van der Waals surface area contributed by atoms with Crippen molar-refractivity contribution in [1.29, 1.82) is 0 Å². The molecule has 3 aromatic carbocycles. The fourth-order valence-electron chi connectivity index (χ4n) is 4.75. The highest BCUT2D eigenvalue weighted by molar-refractivity contribution is 5.93. The van der Waals surface area contributed by atoms with Crippen molar-refractivity contribution in [2.45, 2.75) is 43.7 Å². The molecular weight excluding hydrogens is 476 g/mol. The summed E-state index contributed by atoms with van der Waals surface area (Å²) in [7, 11) is 0. The van der Waals surface area contributed by atoms with Crippen LogP contribution in [-0.4, -0.2) is 36.3 Å². The molecule has 1 fully saturated rings. The molecule has 3 N–H and O–H groups in total. The third-order valence-electron chi connectivity index (χ3n) is 6.60. The molecule has 3 amide bonds. The van der Waals surface area contributed by atoms with Gasteiger partial charge in [0.25, 0.3) is 0 Å². The molecule has 1 saturated heterocycles. The largest absolute Gasteiger partial charge is 0.354 e. The topological polar surface area (TPSA) is 87.3 Å². The summed E-state index contributed by atoms with van der Waals surface area (Å²) < 4.78 is 26.9. The maximum atomic E-state index is 13.4. The summed E-state index contributed by atoms with van der Waals surface area (Å²) in [5.41, 5.74) is 2.18. The van der Waals surface area contributed by atoms with Gasteiger partial charge in [0.05, 0.1) is 6.42 Å². The van der Waals surface area contributed by atoms with E-state index in [1.165, 1.54) is 6.92 Å². The second kappa shape index (κ2) is 11.8. The molecule has 4 rings (SSSR count). The summed E-state index contributed by atoms with van der Waals surface area (Å²) in [6, 6.07) is 20.5. The Bertz CT molecular complexity index is 1230. The molecule has 1 heterocycles. The first-order valence-electron chi connectivity index (χ1n) is 12.2. The molecule has 0 saturated carbocycles. The number of carbonyl (C=O) groups is 3. The van der Waals surface area contributed by atoms with E-state index < -0.39 is 35.5 Å². The minimum atomic E-state index is -0.969. The zero-order chi connectivity index (χ0) is 26.4. The number of benzene rings is 3. The smallest absolute Gasteiger partial charge is 0.243 e. The molecule has 8 heteroatoms. The lowest BCUT2D eigenvalue weighted by Gasteiger charge is -2.28. The fourth-order valence-corrected chi connectivity index (χ4v) is 4.75. The van der Waals surface area contributed by atoms with Crippen molar-refractivity contribution in [2.24, 2.45) is 0 Å². The summed E-state index contributed by atoms with van der Waals surface area (Å²) in [6.07, 6.45) is 0.338. The molecular formula is C29H29F2N3O3. The predicted molar refractivity (Wildman–Crippen MR) is 136 cm³/mol. The minimum absolute atomic E-state index is 0.0565. The third kappa shape index (κ3) is 6.78. The van der Waals surface area contributed by atoms with Crippen LogP contribution in [0, 0.1) is 11.6 Å². The molecule has 1 aliphatic heterocycles. The SMILES string of the molecule is C[C@H](NC(=O)Cc1cc(F)cc(F)c1)C(=O)N[C@@H]1C(=O)NC[C@@H](c2ccccc2)C[C@@H]1c1ccccc1. The first-order chi connectivity index (χ1) is 17.8. The quantitative estimate of drug-likeness (QED) is 0.459. The number of rotatable bonds is 7. The van der Waals surface area contributed by atoms with Crippen molar-refractivity contribution in [3.8, 4) is 0 Å². The lowest BCUT2D eigenvalue weighted by molar-refractivity contribution is -0.131. The van der Waals surface area contributed by atoms with Gasteiger partial charge in [-0.15, -0.1) is 0 Å². The Balaban J connectivity index is 1.48. The van der Waals surface area contributed by atoms with Gasteiger partial charge in [0.15, 0.2) is 0 Å². The van der Waals surface area contributed by atoms with Gasteiger partial charge in [-0.05, 0) is 42.2 Å². The van der Waals surface area contributed by atoms with Gasteiger partial charge in [-0.3, -0.25) is 14.4 Å². The zero-order valence-electron chi connectivity index (χ0n) is 20.4. The zero-order valence-corrected chi connectivity index (χ0v) is 20.4. The second-order valence-electron chi connectivity index (χ2n) is 9.34. The monoisotopic (exact) mass is 505 g/mol. The maximum absolute atomic E-state index is 13.4. The van der Waals surface area contributed by atoms with Crippen molar-refractivity contribution in [1.82, 2.24) is 16.0 Å². The Hall–Kier alpha value is -4.07. The van der Waals surface area contributed by atoms with Crippen LogP contribution in [0.4, 0.5) is 8.78 Å². The van der Waals surface area contributed by atoms with Gasteiger partial charge in [-0.25, -0.2) is 8.78 Å². The maximum Gasteiger partial charge on any atom is 0.243 e. The van der Waals surface area contributed by atoms with Gasteiger partial charge in [0.2, 0.25) is 17.7 Å². The first kappa shape index (κ1) is 26.0. The Morgan fingerprint density at radius 1 is 0.946 bits per heavy atom. The van der Waals surface area contributed by atoms with Crippen LogP contribution in [0.25, 0.3) is 0 Å².